The van der Waals surface area contributed by atoms with Gasteiger partial charge in [-0.3, -0.25) is 4.79 Å². The van der Waals surface area contributed by atoms with E-state index in [1.807, 2.05) is 13.8 Å². The number of rotatable bonds is 11. The molecule has 0 saturated heterocycles. The number of esters is 2. The zero-order valence-corrected chi connectivity index (χ0v) is 14.7. The van der Waals surface area contributed by atoms with Crippen LogP contribution in [0.15, 0.2) is 12.2 Å². The van der Waals surface area contributed by atoms with Crippen molar-refractivity contribution in [2.45, 2.75) is 33.3 Å². The van der Waals surface area contributed by atoms with Crippen molar-refractivity contribution in [2.75, 3.05) is 31.3 Å². The van der Waals surface area contributed by atoms with Gasteiger partial charge in [0, 0.05) is 11.3 Å². The van der Waals surface area contributed by atoms with E-state index in [9.17, 15) is 14.4 Å². The molecular weight excluding hydrogens is 322 g/mol. The molecule has 0 saturated carbocycles. The molecule has 0 bridgehead atoms. The van der Waals surface area contributed by atoms with E-state index >= 15 is 0 Å². The molecule has 132 valence electrons. The van der Waals surface area contributed by atoms with Gasteiger partial charge in [0.25, 0.3) is 0 Å². The van der Waals surface area contributed by atoms with Crippen LogP contribution in [0.2, 0.25) is 0 Å². The Balaban J connectivity index is 3.64. The van der Waals surface area contributed by atoms with Gasteiger partial charge < -0.3 is 19.5 Å². The van der Waals surface area contributed by atoms with Crippen LogP contribution in [0.1, 0.15) is 27.2 Å². The zero-order valence-electron chi connectivity index (χ0n) is 13.9. The van der Waals surface area contributed by atoms with Gasteiger partial charge in [-0.25, -0.2) is 9.59 Å². The lowest BCUT2D eigenvalue weighted by Gasteiger charge is -2.12. The zero-order chi connectivity index (χ0) is 17.7. The van der Waals surface area contributed by atoms with E-state index in [1.165, 1.54) is 6.92 Å². The highest BCUT2D eigenvalue weighted by Crippen LogP contribution is 2.05. The number of ether oxygens (including phenoxy) is 3. The quantitative estimate of drug-likeness (QED) is 0.264. The summed E-state index contributed by atoms with van der Waals surface area (Å²) < 4.78 is 14.7. The highest BCUT2D eigenvalue weighted by molar-refractivity contribution is 7.99. The highest BCUT2D eigenvalue weighted by Gasteiger charge is 2.11. The fourth-order valence-corrected chi connectivity index (χ4v) is 1.93. The molecule has 0 heterocycles. The van der Waals surface area contributed by atoms with E-state index in [4.69, 9.17) is 14.2 Å². The number of carbonyl (C=O) groups is 3. The Morgan fingerprint density at radius 3 is 2.52 bits per heavy atom. The van der Waals surface area contributed by atoms with Gasteiger partial charge in [0.15, 0.2) is 0 Å². The summed E-state index contributed by atoms with van der Waals surface area (Å²) in [6.45, 7) is 8.89. The summed E-state index contributed by atoms with van der Waals surface area (Å²) in [5.74, 6) is 0.787. The fraction of sp³-hybridized carbons (Fsp3) is 0.667. The first kappa shape index (κ1) is 21.3. The van der Waals surface area contributed by atoms with Gasteiger partial charge in [-0.15, -0.1) is 0 Å². The molecule has 1 amide bonds. The van der Waals surface area contributed by atoms with Crippen LogP contribution in [0, 0.1) is 0 Å². The molecule has 23 heavy (non-hydrogen) atoms. The molecule has 1 N–H and O–H groups in total. The van der Waals surface area contributed by atoms with Crippen LogP contribution in [-0.4, -0.2) is 55.4 Å². The molecule has 7 nitrogen and oxygen atoms in total. The third-order valence-electron chi connectivity index (χ3n) is 2.38. The van der Waals surface area contributed by atoms with Gasteiger partial charge in [-0.05, 0) is 19.6 Å². The molecule has 1 atom stereocenters. The third kappa shape index (κ3) is 12.5. The number of nitrogens with one attached hydrogen (secondary N) is 1. The van der Waals surface area contributed by atoms with Crippen molar-refractivity contribution in [3.05, 3.63) is 12.2 Å². The summed E-state index contributed by atoms with van der Waals surface area (Å²) in [7, 11) is 0. The molecule has 0 radical (unpaired) electrons. The Hall–Kier alpha value is -1.70. The second kappa shape index (κ2) is 12.8. The number of alkyl carbamates (subject to hydrolysis) is 1. The van der Waals surface area contributed by atoms with E-state index in [-0.39, 0.29) is 37.9 Å². The van der Waals surface area contributed by atoms with Gasteiger partial charge >= 0.3 is 18.0 Å². The molecule has 0 aliphatic heterocycles. The van der Waals surface area contributed by atoms with Crippen LogP contribution in [0.4, 0.5) is 4.79 Å². The minimum Gasteiger partial charge on any atom is -0.462 e. The Bertz CT molecular complexity index is 413. The Kier molecular flexibility index (Phi) is 11.9. The maximum Gasteiger partial charge on any atom is 0.407 e. The van der Waals surface area contributed by atoms with Crippen molar-refractivity contribution in [1.82, 2.24) is 5.32 Å². The lowest BCUT2D eigenvalue weighted by molar-refractivity contribution is -0.148. The Morgan fingerprint density at radius 1 is 1.22 bits per heavy atom. The molecule has 0 aromatic heterocycles. The lowest BCUT2D eigenvalue weighted by atomic mass is 10.4. The van der Waals surface area contributed by atoms with Crippen molar-refractivity contribution < 1.29 is 28.6 Å². The van der Waals surface area contributed by atoms with Crippen molar-refractivity contribution >= 4 is 29.8 Å². The summed E-state index contributed by atoms with van der Waals surface area (Å²) in [6, 6.07) is 0. The average Bonchev–Trinajstić information content (AvgIpc) is 2.49. The molecule has 0 rings (SSSR count). The number of amides is 1. The van der Waals surface area contributed by atoms with E-state index in [1.54, 1.807) is 11.8 Å². The van der Waals surface area contributed by atoms with Crippen molar-refractivity contribution in [1.29, 1.82) is 0 Å². The standard InChI is InChI=1S/C15H25NO6S/c1-5-23-10-12(4)22-13(17)6-8-21-15(19)16-7-9-20-14(18)11(2)3/h12H,2,5-10H2,1,3-4H3,(H,16,19). The van der Waals surface area contributed by atoms with Gasteiger partial charge in [0.05, 0.1) is 13.0 Å². The second-order valence-electron chi connectivity index (χ2n) is 4.69. The molecule has 8 heteroatoms. The number of thioether (sulfide) groups is 1. The molecule has 0 aliphatic carbocycles. The Labute approximate surface area is 141 Å². The normalized spacial score (nSPS) is 11.3. The van der Waals surface area contributed by atoms with E-state index in [0.29, 0.717) is 0 Å². The minimum absolute atomic E-state index is 0.000797. The molecule has 0 aliphatic rings. The molecule has 0 aromatic rings. The summed E-state index contributed by atoms with van der Waals surface area (Å²) in [5.41, 5.74) is 0.289. The van der Waals surface area contributed by atoms with E-state index in [0.717, 1.165) is 11.5 Å². The second-order valence-corrected chi connectivity index (χ2v) is 6.01. The van der Waals surface area contributed by atoms with Crippen LogP contribution >= 0.6 is 11.8 Å². The third-order valence-corrected chi connectivity index (χ3v) is 3.50. The molecule has 0 spiro atoms. The lowest BCUT2D eigenvalue weighted by Crippen LogP contribution is -2.29. The van der Waals surface area contributed by atoms with Gasteiger partial charge in [0.2, 0.25) is 0 Å². The monoisotopic (exact) mass is 347 g/mol. The SMILES string of the molecule is C=C(C)C(=O)OCCNC(=O)OCCC(=O)OC(C)CSCC. The molecule has 0 fully saturated rings. The maximum atomic E-state index is 11.5. The summed E-state index contributed by atoms with van der Waals surface area (Å²) in [5, 5.41) is 2.40. The van der Waals surface area contributed by atoms with Crippen LogP contribution < -0.4 is 5.32 Å². The van der Waals surface area contributed by atoms with E-state index < -0.39 is 18.0 Å². The predicted octanol–water partition coefficient (Wildman–Crippen LogP) is 1.91. The van der Waals surface area contributed by atoms with Crippen LogP contribution in [0.3, 0.4) is 0 Å². The number of carbonyl (C=O) groups excluding carboxylic acids is 3. The first-order chi connectivity index (χ1) is 10.9. The fourth-order valence-electron chi connectivity index (χ4n) is 1.30. The van der Waals surface area contributed by atoms with Crippen molar-refractivity contribution in [2.24, 2.45) is 0 Å². The van der Waals surface area contributed by atoms with E-state index in [2.05, 4.69) is 11.9 Å². The predicted molar refractivity (Wildman–Crippen MR) is 88.3 cm³/mol. The largest absolute Gasteiger partial charge is 0.462 e. The summed E-state index contributed by atoms with van der Waals surface area (Å²) in [6.07, 6.45) is -0.845. The summed E-state index contributed by atoms with van der Waals surface area (Å²) >= 11 is 1.69. The number of hydrogen-bond donors (Lipinski definition) is 1. The number of hydrogen-bond acceptors (Lipinski definition) is 7. The first-order valence-corrected chi connectivity index (χ1v) is 8.52. The van der Waals surface area contributed by atoms with Gasteiger partial charge in [-0.2, -0.15) is 11.8 Å². The molecule has 1 unspecified atom stereocenters. The van der Waals surface area contributed by atoms with Crippen LogP contribution in [-0.2, 0) is 23.8 Å². The first-order valence-electron chi connectivity index (χ1n) is 7.37. The minimum atomic E-state index is -0.682. The molecule has 0 aromatic carbocycles. The highest BCUT2D eigenvalue weighted by atomic mass is 32.2. The molecular formula is C15H25NO6S. The maximum absolute atomic E-state index is 11.5. The van der Waals surface area contributed by atoms with Gasteiger partial charge in [-0.1, -0.05) is 13.5 Å². The van der Waals surface area contributed by atoms with Crippen molar-refractivity contribution in [3.8, 4) is 0 Å². The smallest absolute Gasteiger partial charge is 0.407 e. The summed E-state index contributed by atoms with van der Waals surface area (Å²) in [4.78, 5) is 33.9. The van der Waals surface area contributed by atoms with Gasteiger partial charge in [0.1, 0.15) is 19.3 Å². The van der Waals surface area contributed by atoms with Crippen LogP contribution in [0.5, 0.6) is 0 Å². The topological polar surface area (TPSA) is 90.9 Å². The average molecular weight is 347 g/mol. The van der Waals surface area contributed by atoms with Crippen LogP contribution in [0.25, 0.3) is 0 Å². The Morgan fingerprint density at radius 2 is 1.91 bits per heavy atom. The van der Waals surface area contributed by atoms with Crippen molar-refractivity contribution in [3.63, 3.8) is 0 Å².